The molecule has 1 aliphatic heterocycles. The van der Waals surface area contributed by atoms with E-state index < -0.39 is 0 Å². The Hall–Kier alpha value is -1.99. The molecule has 1 saturated heterocycles. The average Bonchev–Trinajstić information content (AvgIpc) is 3.19. The number of nitrogens with zero attached hydrogens (tertiary/aromatic N) is 4. The third kappa shape index (κ3) is 6.51. The first-order chi connectivity index (χ1) is 14.1. The lowest BCUT2D eigenvalue weighted by atomic mass is 9.97. The van der Waals surface area contributed by atoms with Crippen molar-refractivity contribution in [3.05, 3.63) is 51.7 Å². The minimum Gasteiger partial charge on any atom is -0.356 e. The van der Waals surface area contributed by atoms with E-state index in [1.807, 2.05) is 26.2 Å². The summed E-state index contributed by atoms with van der Waals surface area (Å²) in [4.78, 5) is 13.7. The van der Waals surface area contributed by atoms with Gasteiger partial charge in [-0.2, -0.15) is 0 Å². The smallest absolute Gasteiger partial charge is 0.193 e. The molecule has 0 bridgehead atoms. The van der Waals surface area contributed by atoms with Gasteiger partial charge in [0.05, 0.1) is 10.7 Å². The largest absolute Gasteiger partial charge is 0.356 e. The number of nitrogens with one attached hydrogen (secondary N) is 1. The van der Waals surface area contributed by atoms with Gasteiger partial charge in [-0.05, 0) is 56.0 Å². The SMILES string of the molecule is CCc1nc(CN2CCC(CNC(=NC)N(C)Cc3ccc(F)cc3)CC2)cs1. The lowest BCUT2D eigenvalue weighted by molar-refractivity contribution is 0.176. The Morgan fingerprint density at radius 2 is 2.03 bits per heavy atom. The van der Waals surface area contributed by atoms with Gasteiger partial charge >= 0.3 is 0 Å². The monoisotopic (exact) mass is 417 g/mol. The van der Waals surface area contributed by atoms with E-state index in [0.717, 1.165) is 44.1 Å². The van der Waals surface area contributed by atoms with Crippen LogP contribution in [0, 0.1) is 11.7 Å². The Kier molecular flexibility index (Phi) is 8.00. The van der Waals surface area contributed by atoms with Crippen LogP contribution in [-0.2, 0) is 19.5 Å². The Labute approximate surface area is 177 Å². The van der Waals surface area contributed by atoms with Crippen LogP contribution in [0.3, 0.4) is 0 Å². The highest BCUT2D eigenvalue weighted by atomic mass is 32.1. The van der Waals surface area contributed by atoms with E-state index in [0.29, 0.717) is 12.5 Å². The predicted molar refractivity (Wildman–Crippen MR) is 119 cm³/mol. The van der Waals surface area contributed by atoms with Crippen molar-refractivity contribution in [1.82, 2.24) is 20.1 Å². The standard InChI is InChI=1S/C22H32FN5S/c1-4-21-26-20(16-29-21)15-28-11-9-17(10-12-28)13-25-22(24-2)27(3)14-18-5-7-19(23)8-6-18/h5-8,16-17H,4,9-15H2,1-3H3,(H,24,25). The molecule has 3 rings (SSSR count). The molecular formula is C22H32FN5S. The molecule has 1 N–H and O–H groups in total. The van der Waals surface area contributed by atoms with Gasteiger partial charge in [0, 0.05) is 39.1 Å². The van der Waals surface area contributed by atoms with Crippen LogP contribution in [0.25, 0.3) is 0 Å². The van der Waals surface area contributed by atoms with Crippen LogP contribution in [0.2, 0.25) is 0 Å². The molecule has 29 heavy (non-hydrogen) atoms. The van der Waals surface area contributed by atoms with Crippen LogP contribution < -0.4 is 5.32 Å². The summed E-state index contributed by atoms with van der Waals surface area (Å²) in [6.45, 7) is 7.01. The van der Waals surface area contributed by atoms with E-state index in [4.69, 9.17) is 4.98 Å². The summed E-state index contributed by atoms with van der Waals surface area (Å²) in [6, 6.07) is 6.64. The third-order valence-electron chi connectivity index (χ3n) is 5.45. The van der Waals surface area contributed by atoms with Crippen molar-refractivity contribution in [3.8, 4) is 0 Å². The number of aromatic nitrogens is 1. The highest BCUT2D eigenvalue weighted by Crippen LogP contribution is 2.19. The number of piperidine rings is 1. The first-order valence-corrected chi connectivity index (χ1v) is 11.3. The molecule has 2 heterocycles. The number of hydrogen-bond donors (Lipinski definition) is 1. The molecule has 1 fully saturated rings. The molecule has 2 aromatic rings. The molecule has 158 valence electrons. The zero-order valence-electron chi connectivity index (χ0n) is 17.7. The second-order valence-corrected chi connectivity index (χ2v) is 8.66. The van der Waals surface area contributed by atoms with Crippen molar-refractivity contribution in [1.29, 1.82) is 0 Å². The Balaban J connectivity index is 1.40. The van der Waals surface area contributed by atoms with Crippen molar-refractivity contribution in [2.45, 2.75) is 39.3 Å². The van der Waals surface area contributed by atoms with Crippen LogP contribution in [0.1, 0.15) is 36.0 Å². The van der Waals surface area contributed by atoms with Crippen LogP contribution in [0.4, 0.5) is 4.39 Å². The molecule has 0 spiro atoms. The molecule has 1 aromatic heterocycles. The first-order valence-electron chi connectivity index (χ1n) is 10.4. The Morgan fingerprint density at radius 1 is 1.31 bits per heavy atom. The Morgan fingerprint density at radius 3 is 2.66 bits per heavy atom. The van der Waals surface area contributed by atoms with E-state index in [2.05, 4.69) is 32.4 Å². The van der Waals surface area contributed by atoms with E-state index in [9.17, 15) is 4.39 Å². The minimum atomic E-state index is -0.203. The van der Waals surface area contributed by atoms with Crippen molar-refractivity contribution >= 4 is 17.3 Å². The summed E-state index contributed by atoms with van der Waals surface area (Å²) in [7, 11) is 3.82. The number of likely N-dealkylation sites (tertiary alicyclic amines) is 1. The lowest BCUT2D eigenvalue weighted by Gasteiger charge is -2.32. The van der Waals surface area contributed by atoms with Gasteiger partial charge < -0.3 is 10.2 Å². The number of hydrogen-bond acceptors (Lipinski definition) is 4. The molecule has 0 radical (unpaired) electrons. The Bertz CT molecular complexity index is 781. The maximum atomic E-state index is 13.1. The quantitative estimate of drug-likeness (QED) is 0.550. The average molecular weight is 418 g/mol. The van der Waals surface area contributed by atoms with Crippen LogP contribution in [0.5, 0.6) is 0 Å². The topological polar surface area (TPSA) is 43.8 Å². The zero-order valence-corrected chi connectivity index (χ0v) is 18.5. The summed E-state index contributed by atoms with van der Waals surface area (Å²) in [6.07, 6.45) is 3.40. The molecule has 5 nitrogen and oxygen atoms in total. The zero-order chi connectivity index (χ0) is 20.6. The van der Waals surface area contributed by atoms with E-state index in [-0.39, 0.29) is 5.82 Å². The highest BCUT2D eigenvalue weighted by Gasteiger charge is 2.20. The fourth-order valence-corrected chi connectivity index (χ4v) is 4.46. The lowest BCUT2D eigenvalue weighted by Crippen LogP contribution is -2.43. The molecule has 7 heteroatoms. The van der Waals surface area contributed by atoms with Crippen LogP contribution >= 0.6 is 11.3 Å². The molecular weight excluding hydrogens is 385 g/mol. The van der Waals surface area contributed by atoms with Gasteiger partial charge in [0.25, 0.3) is 0 Å². The number of halogens is 1. The number of aliphatic imine (C=N–C) groups is 1. The van der Waals surface area contributed by atoms with Crippen molar-refractivity contribution in [2.75, 3.05) is 33.7 Å². The van der Waals surface area contributed by atoms with Gasteiger partial charge in [0.15, 0.2) is 5.96 Å². The van der Waals surface area contributed by atoms with Gasteiger partial charge in [-0.25, -0.2) is 9.37 Å². The molecule has 0 amide bonds. The predicted octanol–water partition coefficient (Wildman–Crippen LogP) is 3.76. The summed E-state index contributed by atoms with van der Waals surface area (Å²) >= 11 is 1.77. The number of thiazole rings is 1. The number of guanidine groups is 1. The highest BCUT2D eigenvalue weighted by molar-refractivity contribution is 7.09. The molecule has 0 saturated carbocycles. The maximum Gasteiger partial charge on any atom is 0.193 e. The van der Waals surface area contributed by atoms with Gasteiger partial charge in [0.2, 0.25) is 0 Å². The van der Waals surface area contributed by atoms with Gasteiger partial charge in [-0.1, -0.05) is 19.1 Å². The maximum absolute atomic E-state index is 13.1. The van der Waals surface area contributed by atoms with Gasteiger partial charge in [0.1, 0.15) is 5.82 Å². The summed E-state index contributed by atoms with van der Waals surface area (Å²) < 4.78 is 13.1. The van der Waals surface area contributed by atoms with E-state index >= 15 is 0 Å². The number of aryl methyl sites for hydroxylation is 1. The minimum absolute atomic E-state index is 0.203. The van der Waals surface area contributed by atoms with Crippen LogP contribution in [0.15, 0.2) is 34.6 Å². The van der Waals surface area contributed by atoms with Crippen LogP contribution in [-0.4, -0.2) is 54.5 Å². The first kappa shape index (κ1) is 21.7. The number of rotatable bonds is 7. The summed E-state index contributed by atoms with van der Waals surface area (Å²) in [5.41, 5.74) is 2.28. The van der Waals surface area contributed by atoms with Crippen molar-refractivity contribution in [2.24, 2.45) is 10.9 Å². The fourth-order valence-electron chi connectivity index (χ4n) is 3.72. The molecule has 1 aromatic carbocycles. The molecule has 1 aliphatic rings. The van der Waals surface area contributed by atoms with Crippen molar-refractivity contribution < 1.29 is 4.39 Å². The molecule has 0 unspecified atom stereocenters. The van der Waals surface area contributed by atoms with Gasteiger partial charge in [-0.15, -0.1) is 11.3 Å². The van der Waals surface area contributed by atoms with E-state index in [1.165, 1.54) is 35.7 Å². The third-order valence-corrected chi connectivity index (χ3v) is 6.49. The molecule has 0 aliphatic carbocycles. The summed E-state index contributed by atoms with van der Waals surface area (Å²) in [5, 5.41) is 6.95. The van der Waals surface area contributed by atoms with E-state index in [1.54, 1.807) is 11.3 Å². The summed E-state index contributed by atoms with van der Waals surface area (Å²) in [5.74, 6) is 1.33. The van der Waals surface area contributed by atoms with Gasteiger partial charge in [-0.3, -0.25) is 9.89 Å². The second-order valence-electron chi connectivity index (χ2n) is 7.72. The fraction of sp³-hybridized carbons (Fsp3) is 0.545. The van der Waals surface area contributed by atoms with Crippen molar-refractivity contribution in [3.63, 3.8) is 0 Å². The molecule has 0 atom stereocenters. The second kappa shape index (κ2) is 10.7. The normalized spacial score (nSPS) is 16.2. The number of benzene rings is 1.